The second-order valence-corrected chi connectivity index (χ2v) is 9.74. The predicted molar refractivity (Wildman–Crippen MR) is 111 cm³/mol. The van der Waals surface area contributed by atoms with Crippen molar-refractivity contribution in [2.75, 3.05) is 32.4 Å². The molecule has 0 radical (unpaired) electrons. The molecule has 1 aliphatic carbocycles. The van der Waals surface area contributed by atoms with Gasteiger partial charge in [-0.2, -0.15) is 0 Å². The molecule has 0 unspecified atom stereocenters. The SMILES string of the molecule is CCNC(=NCC1(c2cccs2)CCCCC1)NCCCNS(C)(=O)=O. The molecular formula is C18H32N4O2S2. The monoisotopic (exact) mass is 400 g/mol. The van der Waals surface area contributed by atoms with E-state index in [9.17, 15) is 8.42 Å². The van der Waals surface area contributed by atoms with Crippen LogP contribution in [-0.2, 0) is 15.4 Å². The van der Waals surface area contributed by atoms with Gasteiger partial charge in [0.25, 0.3) is 0 Å². The molecule has 0 amide bonds. The van der Waals surface area contributed by atoms with Crippen molar-refractivity contribution in [2.45, 2.75) is 50.9 Å². The Bertz CT molecular complexity index is 651. The van der Waals surface area contributed by atoms with Crippen molar-refractivity contribution < 1.29 is 8.42 Å². The number of sulfonamides is 1. The van der Waals surface area contributed by atoms with Crippen LogP contribution in [0.3, 0.4) is 0 Å². The highest BCUT2D eigenvalue weighted by Crippen LogP contribution is 2.41. The minimum atomic E-state index is -3.12. The average molecular weight is 401 g/mol. The molecule has 1 aromatic rings. The highest BCUT2D eigenvalue weighted by molar-refractivity contribution is 7.88. The van der Waals surface area contributed by atoms with E-state index >= 15 is 0 Å². The van der Waals surface area contributed by atoms with Crippen molar-refractivity contribution in [3.8, 4) is 0 Å². The molecular weight excluding hydrogens is 368 g/mol. The van der Waals surface area contributed by atoms with Gasteiger partial charge in [0.05, 0.1) is 12.8 Å². The van der Waals surface area contributed by atoms with Gasteiger partial charge in [-0.25, -0.2) is 13.1 Å². The van der Waals surface area contributed by atoms with Gasteiger partial charge in [0, 0.05) is 29.9 Å². The molecule has 0 aromatic carbocycles. The molecule has 2 rings (SSSR count). The Hall–Kier alpha value is -1.12. The fourth-order valence-corrected chi connectivity index (χ4v) is 4.91. The van der Waals surface area contributed by atoms with Crippen molar-refractivity contribution >= 4 is 27.3 Å². The molecule has 1 aromatic heterocycles. The van der Waals surface area contributed by atoms with E-state index < -0.39 is 10.0 Å². The first-order valence-electron chi connectivity index (χ1n) is 9.46. The summed E-state index contributed by atoms with van der Waals surface area (Å²) < 4.78 is 24.7. The summed E-state index contributed by atoms with van der Waals surface area (Å²) in [5.41, 5.74) is 0.173. The summed E-state index contributed by atoms with van der Waals surface area (Å²) in [6.07, 6.45) is 8.17. The smallest absolute Gasteiger partial charge is 0.208 e. The third-order valence-electron chi connectivity index (χ3n) is 4.75. The van der Waals surface area contributed by atoms with Gasteiger partial charge in [-0.3, -0.25) is 4.99 Å². The summed E-state index contributed by atoms with van der Waals surface area (Å²) in [5, 5.41) is 8.77. The third kappa shape index (κ3) is 6.89. The minimum absolute atomic E-state index is 0.173. The van der Waals surface area contributed by atoms with E-state index in [4.69, 9.17) is 4.99 Å². The summed E-state index contributed by atoms with van der Waals surface area (Å²) in [7, 11) is -3.12. The van der Waals surface area contributed by atoms with E-state index in [1.54, 1.807) is 0 Å². The molecule has 8 heteroatoms. The van der Waals surface area contributed by atoms with Gasteiger partial charge in [0.1, 0.15) is 0 Å². The van der Waals surface area contributed by atoms with Crippen LogP contribution in [-0.4, -0.2) is 46.8 Å². The molecule has 0 aliphatic heterocycles. The lowest BCUT2D eigenvalue weighted by Gasteiger charge is -2.35. The second-order valence-electron chi connectivity index (χ2n) is 6.96. The van der Waals surface area contributed by atoms with Crippen molar-refractivity contribution in [3.63, 3.8) is 0 Å². The summed E-state index contributed by atoms with van der Waals surface area (Å²) in [5.74, 6) is 0.813. The summed E-state index contributed by atoms with van der Waals surface area (Å²) in [6.45, 7) is 4.77. The molecule has 0 bridgehead atoms. The Balaban J connectivity index is 1.93. The Labute approximate surface area is 161 Å². The zero-order chi connectivity index (χ0) is 18.9. The maximum atomic E-state index is 11.1. The van der Waals surface area contributed by atoms with Gasteiger partial charge >= 0.3 is 0 Å². The second kappa shape index (κ2) is 10.3. The van der Waals surface area contributed by atoms with Crippen LogP contribution in [0.2, 0.25) is 0 Å². The van der Waals surface area contributed by atoms with Gasteiger partial charge in [-0.1, -0.05) is 25.3 Å². The lowest BCUT2D eigenvalue weighted by Crippen LogP contribution is -2.40. The van der Waals surface area contributed by atoms with E-state index in [0.29, 0.717) is 19.5 Å². The molecule has 3 N–H and O–H groups in total. The number of aliphatic imine (C=N–C) groups is 1. The van der Waals surface area contributed by atoms with Crippen molar-refractivity contribution in [1.82, 2.24) is 15.4 Å². The topological polar surface area (TPSA) is 82.6 Å². The van der Waals surface area contributed by atoms with Crippen LogP contribution >= 0.6 is 11.3 Å². The fourth-order valence-electron chi connectivity index (χ4n) is 3.42. The van der Waals surface area contributed by atoms with Crippen LogP contribution in [0.15, 0.2) is 22.5 Å². The standard InChI is InChI=1S/C18H32N4O2S2/c1-3-19-17(20-12-8-13-22-26(2,23)24)21-15-18(10-5-4-6-11-18)16-9-7-14-25-16/h7,9,14,22H,3-6,8,10-13,15H2,1-2H3,(H2,19,20,21). The molecule has 1 aliphatic rings. The quantitative estimate of drug-likeness (QED) is 0.338. The molecule has 148 valence electrons. The van der Waals surface area contributed by atoms with Crippen molar-refractivity contribution in [1.29, 1.82) is 0 Å². The highest BCUT2D eigenvalue weighted by Gasteiger charge is 2.34. The van der Waals surface area contributed by atoms with Gasteiger partial charge in [0.2, 0.25) is 10.0 Å². The van der Waals surface area contributed by atoms with Crippen LogP contribution < -0.4 is 15.4 Å². The molecule has 0 saturated heterocycles. The first-order valence-corrected chi connectivity index (χ1v) is 12.2. The molecule has 1 saturated carbocycles. The first kappa shape index (κ1) is 21.2. The Morgan fingerprint density at radius 1 is 1.23 bits per heavy atom. The number of nitrogens with zero attached hydrogens (tertiary/aromatic N) is 1. The highest BCUT2D eigenvalue weighted by atomic mass is 32.2. The number of nitrogens with one attached hydrogen (secondary N) is 3. The maximum Gasteiger partial charge on any atom is 0.208 e. The maximum absolute atomic E-state index is 11.1. The van der Waals surface area contributed by atoms with Gasteiger partial charge < -0.3 is 10.6 Å². The summed E-state index contributed by atoms with van der Waals surface area (Å²) in [4.78, 5) is 6.33. The van der Waals surface area contributed by atoms with Crippen molar-refractivity contribution in [3.05, 3.63) is 22.4 Å². The number of thiophene rings is 1. The fraction of sp³-hybridized carbons (Fsp3) is 0.722. The molecule has 6 nitrogen and oxygen atoms in total. The Morgan fingerprint density at radius 3 is 2.62 bits per heavy atom. The molecule has 0 atom stereocenters. The van der Waals surface area contributed by atoms with E-state index in [1.165, 1.54) is 43.2 Å². The van der Waals surface area contributed by atoms with Crippen LogP contribution in [0.5, 0.6) is 0 Å². The van der Waals surface area contributed by atoms with E-state index in [1.807, 2.05) is 11.3 Å². The molecule has 1 heterocycles. The van der Waals surface area contributed by atoms with Crippen LogP contribution in [0.4, 0.5) is 0 Å². The van der Waals surface area contributed by atoms with Gasteiger partial charge in [-0.05, 0) is 37.6 Å². The van der Waals surface area contributed by atoms with E-state index in [2.05, 4.69) is 39.8 Å². The molecule has 26 heavy (non-hydrogen) atoms. The van der Waals surface area contributed by atoms with Crippen LogP contribution in [0, 0.1) is 0 Å². The number of hydrogen-bond acceptors (Lipinski definition) is 4. The third-order valence-corrected chi connectivity index (χ3v) is 6.59. The number of guanidine groups is 1. The van der Waals surface area contributed by atoms with Crippen LogP contribution in [0.1, 0.15) is 50.3 Å². The van der Waals surface area contributed by atoms with E-state index in [-0.39, 0.29) is 5.41 Å². The zero-order valence-corrected chi connectivity index (χ0v) is 17.5. The van der Waals surface area contributed by atoms with Crippen LogP contribution in [0.25, 0.3) is 0 Å². The lowest BCUT2D eigenvalue weighted by atomic mass is 9.73. The van der Waals surface area contributed by atoms with Crippen molar-refractivity contribution in [2.24, 2.45) is 4.99 Å². The largest absolute Gasteiger partial charge is 0.357 e. The Kier molecular flexibility index (Phi) is 8.37. The summed E-state index contributed by atoms with van der Waals surface area (Å²) >= 11 is 1.84. The lowest BCUT2D eigenvalue weighted by molar-refractivity contribution is 0.306. The zero-order valence-electron chi connectivity index (χ0n) is 15.9. The summed E-state index contributed by atoms with van der Waals surface area (Å²) in [6, 6.07) is 4.39. The number of rotatable bonds is 9. The normalized spacial score (nSPS) is 17.8. The average Bonchev–Trinajstić information content (AvgIpc) is 3.14. The van der Waals surface area contributed by atoms with E-state index in [0.717, 1.165) is 19.0 Å². The Morgan fingerprint density at radius 2 is 2.00 bits per heavy atom. The first-order chi connectivity index (χ1) is 12.5. The molecule has 0 spiro atoms. The van der Waals surface area contributed by atoms with Gasteiger partial charge in [-0.15, -0.1) is 11.3 Å². The predicted octanol–water partition coefficient (Wildman–Crippen LogP) is 2.44. The minimum Gasteiger partial charge on any atom is -0.357 e. The number of hydrogen-bond donors (Lipinski definition) is 3. The van der Waals surface area contributed by atoms with Gasteiger partial charge in [0.15, 0.2) is 5.96 Å². The molecule has 1 fully saturated rings.